The highest BCUT2D eigenvalue weighted by atomic mass is 32.2. The van der Waals surface area contributed by atoms with Gasteiger partial charge in [0.05, 0.1) is 5.60 Å². The predicted molar refractivity (Wildman–Crippen MR) is 79.5 cm³/mol. The number of anilines is 2. The first-order chi connectivity index (χ1) is 9.15. The SMILES string of the molecule is CN(C)S(=O)(=O)c1c(N)nsc1N1CCCC(C)(O)C1. The standard InChI is InChI=1S/C11H20N4O3S2/c1-11(16)5-4-6-15(7-11)10-8(9(12)13-19-10)20(17,18)14(2)3/h16H,4-7H2,1-3H3,(H2,12,13). The Morgan fingerprint density at radius 3 is 2.70 bits per heavy atom. The first-order valence-electron chi connectivity index (χ1n) is 6.30. The van der Waals surface area contributed by atoms with Gasteiger partial charge in [0.15, 0.2) is 10.7 Å². The summed E-state index contributed by atoms with van der Waals surface area (Å²) in [5.41, 5.74) is 4.92. The van der Waals surface area contributed by atoms with Crippen molar-refractivity contribution in [3.05, 3.63) is 0 Å². The molecule has 0 spiro atoms. The molecule has 2 rings (SSSR count). The molecule has 2 heterocycles. The van der Waals surface area contributed by atoms with Crippen molar-refractivity contribution in [3.8, 4) is 0 Å². The molecule has 0 bridgehead atoms. The van der Waals surface area contributed by atoms with Crippen LogP contribution in [0.5, 0.6) is 0 Å². The lowest BCUT2D eigenvalue weighted by molar-refractivity contribution is 0.0450. The van der Waals surface area contributed by atoms with Crippen molar-refractivity contribution in [1.29, 1.82) is 0 Å². The van der Waals surface area contributed by atoms with E-state index in [1.165, 1.54) is 14.1 Å². The number of sulfonamides is 1. The fraction of sp³-hybridized carbons (Fsp3) is 0.727. The average Bonchev–Trinajstić information content (AvgIpc) is 2.70. The summed E-state index contributed by atoms with van der Waals surface area (Å²) in [5.74, 6) is 0.0175. The molecule has 1 aromatic heterocycles. The number of hydrogen-bond donors (Lipinski definition) is 2. The van der Waals surface area contributed by atoms with Crippen LogP contribution in [0, 0.1) is 0 Å². The molecule has 0 aliphatic carbocycles. The van der Waals surface area contributed by atoms with Gasteiger partial charge in [-0.2, -0.15) is 4.37 Å². The molecule has 114 valence electrons. The maximum atomic E-state index is 12.4. The number of aromatic nitrogens is 1. The molecule has 1 aliphatic rings. The van der Waals surface area contributed by atoms with E-state index in [0.29, 0.717) is 24.5 Å². The highest BCUT2D eigenvalue weighted by Gasteiger charge is 2.35. The minimum atomic E-state index is -3.65. The van der Waals surface area contributed by atoms with E-state index >= 15 is 0 Å². The van der Waals surface area contributed by atoms with Crippen LogP contribution in [0.2, 0.25) is 0 Å². The predicted octanol–water partition coefficient (Wildman–Crippen LogP) is 0.327. The van der Waals surface area contributed by atoms with Crippen LogP contribution >= 0.6 is 11.5 Å². The van der Waals surface area contributed by atoms with E-state index < -0.39 is 15.6 Å². The summed E-state index contributed by atoms with van der Waals surface area (Å²) in [5, 5.41) is 10.7. The zero-order chi connectivity index (χ0) is 15.1. The molecule has 0 aromatic carbocycles. The van der Waals surface area contributed by atoms with Gasteiger partial charge < -0.3 is 15.7 Å². The molecule has 0 amide bonds. The molecule has 0 saturated carbocycles. The number of piperidine rings is 1. The minimum absolute atomic E-state index is 0.0175. The Balaban J connectivity index is 2.45. The quantitative estimate of drug-likeness (QED) is 0.832. The van der Waals surface area contributed by atoms with Crippen LogP contribution in [-0.4, -0.2) is 55.0 Å². The molecule has 1 saturated heterocycles. The molecule has 1 aromatic rings. The van der Waals surface area contributed by atoms with E-state index in [0.717, 1.165) is 22.3 Å². The van der Waals surface area contributed by atoms with Gasteiger partial charge in [0.25, 0.3) is 0 Å². The van der Waals surface area contributed by atoms with Crippen molar-refractivity contribution in [2.75, 3.05) is 37.8 Å². The van der Waals surface area contributed by atoms with Crippen molar-refractivity contribution >= 4 is 32.4 Å². The van der Waals surface area contributed by atoms with Gasteiger partial charge in [-0.25, -0.2) is 12.7 Å². The Labute approximate surface area is 123 Å². The zero-order valence-corrected chi connectivity index (χ0v) is 13.5. The van der Waals surface area contributed by atoms with E-state index in [-0.39, 0.29) is 10.7 Å². The molecule has 1 fully saturated rings. The average molecular weight is 320 g/mol. The van der Waals surface area contributed by atoms with E-state index in [9.17, 15) is 13.5 Å². The third kappa shape index (κ3) is 2.76. The first kappa shape index (κ1) is 15.5. The van der Waals surface area contributed by atoms with Crippen LogP contribution in [0.1, 0.15) is 19.8 Å². The third-order valence-corrected chi connectivity index (χ3v) is 6.29. The molecule has 0 radical (unpaired) electrons. The Hall–Kier alpha value is -0.900. The van der Waals surface area contributed by atoms with Crippen LogP contribution in [-0.2, 0) is 10.0 Å². The third-order valence-electron chi connectivity index (χ3n) is 3.36. The van der Waals surface area contributed by atoms with E-state index in [1.54, 1.807) is 6.92 Å². The molecule has 1 unspecified atom stereocenters. The highest BCUT2D eigenvalue weighted by Crippen LogP contribution is 2.38. The van der Waals surface area contributed by atoms with Gasteiger partial charge in [-0.15, -0.1) is 0 Å². The van der Waals surface area contributed by atoms with Crippen molar-refractivity contribution < 1.29 is 13.5 Å². The van der Waals surface area contributed by atoms with E-state index in [4.69, 9.17) is 5.73 Å². The van der Waals surface area contributed by atoms with Gasteiger partial charge in [-0.05, 0) is 31.3 Å². The normalized spacial score (nSPS) is 24.4. The number of hydrogen-bond acceptors (Lipinski definition) is 7. The molecule has 7 nitrogen and oxygen atoms in total. The second-order valence-electron chi connectivity index (χ2n) is 5.51. The Morgan fingerprint density at radius 1 is 1.50 bits per heavy atom. The van der Waals surface area contributed by atoms with Gasteiger partial charge in [0, 0.05) is 27.2 Å². The van der Waals surface area contributed by atoms with Crippen LogP contribution in [0.3, 0.4) is 0 Å². The van der Waals surface area contributed by atoms with Crippen LogP contribution in [0.15, 0.2) is 4.90 Å². The fourth-order valence-corrected chi connectivity index (χ4v) is 4.55. The summed E-state index contributed by atoms with van der Waals surface area (Å²) < 4.78 is 29.8. The molecule has 9 heteroatoms. The molecule has 1 aliphatic heterocycles. The number of nitrogen functional groups attached to an aromatic ring is 1. The lowest BCUT2D eigenvalue weighted by Gasteiger charge is -2.37. The zero-order valence-electron chi connectivity index (χ0n) is 11.8. The maximum absolute atomic E-state index is 12.4. The number of nitrogens with two attached hydrogens (primary N) is 1. The fourth-order valence-electron chi connectivity index (χ4n) is 2.30. The minimum Gasteiger partial charge on any atom is -0.388 e. The summed E-state index contributed by atoms with van der Waals surface area (Å²) in [7, 11) is -0.727. The van der Waals surface area contributed by atoms with Gasteiger partial charge in [-0.1, -0.05) is 0 Å². The second-order valence-corrected chi connectivity index (χ2v) is 8.35. The molecular weight excluding hydrogens is 300 g/mol. The number of aliphatic hydroxyl groups is 1. The lowest BCUT2D eigenvalue weighted by atomic mass is 9.95. The van der Waals surface area contributed by atoms with Crippen LogP contribution < -0.4 is 10.6 Å². The molecule has 3 N–H and O–H groups in total. The Morgan fingerprint density at radius 2 is 2.15 bits per heavy atom. The first-order valence-corrected chi connectivity index (χ1v) is 8.51. The van der Waals surface area contributed by atoms with Crippen LogP contribution in [0.4, 0.5) is 10.8 Å². The Bertz CT molecular complexity index is 595. The van der Waals surface area contributed by atoms with Gasteiger partial charge >= 0.3 is 0 Å². The highest BCUT2D eigenvalue weighted by molar-refractivity contribution is 7.89. The molecule has 20 heavy (non-hydrogen) atoms. The van der Waals surface area contributed by atoms with Gasteiger partial charge in [0.2, 0.25) is 10.0 Å². The van der Waals surface area contributed by atoms with Crippen molar-refractivity contribution in [2.45, 2.75) is 30.3 Å². The number of β-amino-alcohol motifs (C(OH)–C–C–N with tert-alkyl or cyclic N) is 1. The summed E-state index contributed by atoms with van der Waals surface area (Å²) in [4.78, 5) is 1.90. The smallest absolute Gasteiger partial charge is 0.249 e. The van der Waals surface area contributed by atoms with E-state index in [2.05, 4.69) is 4.37 Å². The summed E-state index contributed by atoms with van der Waals surface area (Å²) in [6.45, 7) is 2.82. The number of nitrogens with zero attached hydrogens (tertiary/aromatic N) is 3. The van der Waals surface area contributed by atoms with Crippen LogP contribution in [0.25, 0.3) is 0 Å². The topological polar surface area (TPSA) is 99.8 Å². The summed E-state index contributed by atoms with van der Waals surface area (Å²) in [6.07, 6.45) is 1.50. The molecular formula is C11H20N4O3S2. The summed E-state index contributed by atoms with van der Waals surface area (Å²) >= 11 is 1.06. The van der Waals surface area contributed by atoms with Crippen molar-refractivity contribution in [1.82, 2.24) is 8.68 Å². The summed E-state index contributed by atoms with van der Waals surface area (Å²) in [6, 6.07) is 0. The maximum Gasteiger partial charge on any atom is 0.249 e. The van der Waals surface area contributed by atoms with Gasteiger partial charge in [-0.3, -0.25) is 0 Å². The Kier molecular flexibility index (Phi) is 3.98. The van der Waals surface area contributed by atoms with E-state index in [1.807, 2.05) is 4.90 Å². The number of rotatable bonds is 3. The van der Waals surface area contributed by atoms with Crippen molar-refractivity contribution in [3.63, 3.8) is 0 Å². The van der Waals surface area contributed by atoms with Crippen molar-refractivity contribution in [2.24, 2.45) is 0 Å². The largest absolute Gasteiger partial charge is 0.388 e. The van der Waals surface area contributed by atoms with Gasteiger partial charge in [0.1, 0.15) is 5.00 Å². The molecule has 1 atom stereocenters. The second kappa shape index (κ2) is 5.14. The lowest BCUT2D eigenvalue weighted by Crippen LogP contribution is -2.46. The monoisotopic (exact) mass is 320 g/mol.